The second-order valence-electron chi connectivity index (χ2n) is 4.84. The number of benzene rings is 2. The fourth-order valence-electron chi connectivity index (χ4n) is 2.17. The van der Waals surface area contributed by atoms with Crippen molar-refractivity contribution in [2.45, 2.75) is 23.3 Å². The van der Waals surface area contributed by atoms with Crippen LogP contribution in [0.25, 0.3) is 10.9 Å². The summed E-state index contributed by atoms with van der Waals surface area (Å²) in [5, 5.41) is 2.28. The Kier molecular flexibility index (Phi) is 4.06. The van der Waals surface area contributed by atoms with E-state index < -0.39 is 0 Å². The number of anilines is 1. The maximum atomic E-state index is 6.21. The Morgan fingerprint density at radius 2 is 2.00 bits per heavy atom. The maximum absolute atomic E-state index is 6.21. The third-order valence-corrected chi connectivity index (χ3v) is 4.23. The number of nitrogens with two attached hydrogens (primary N) is 1. The van der Waals surface area contributed by atoms with Gasteiger partial charge in [-0.3, -0.25) is 0 Å². The average molecular weight is 298 g/mol. The second kappa shape index (κ2) is 6.14. The molecule has 0 aliphatic carbocycles. The lowest BCUT2D eigenvalue weighted by Gasteiger charge is -2.10. The molecule has 0 saturated carbocycles. The van der Waals surface area contributed by atoms with Crippen molar-refractivity contribution in [3.8, 4) is 5.75 Å². The average Bonchev–Trinajstić information content (AvgIpc) is 2.90. The van der Waals surface area contributed by atoms with Crippen LogP contribution in [0.3, 0.4) is 0 Å². The molecule has 2 aromatic carbocycles. The van der Waals surface area contributed by atoms with Gasteiger partial charge in [-0.1, -0.05) is 43.0 Å². The van der Waals surface area contributed by atoms with E-state index in [2.05, 4.69) is 30.1 Å². The number of hydrogen-bond acceptors (Lipinski definition) is 3. The summed E-state index contributed by atoms with van der Waals surface area (Å²) in [6.45, 7) is 2.77. The minimum Gasteiger partial charge on any atom is -0.491 e. The molecule has 0 bridgehead atoms. The van der Waals surface area contributed by atoms with Gasteiger partial charge in [-0.15, -0.1) is 0 Å². The largest absolute Gasteiger partial charge is 0.491 e. The molecular formula is C17H18N2OS. The van der Waals surface area contributed by atoms with Gasteiger partial charge in [0.25, 0.3) is 0 Å². The first-order valence-corrected chi connectivity index (χ1v) is 7.86. The molecule has 3 aromatic rings. The second-order valence-corrected chi connectivity index (χ2v) is 5.92. The van der Waals surface area contributed by atoms with E-state index in [1.165, 1.54) is 5.39 Å². The molecule has 0 amide bonds. The maximum Gasteiger partial charge on any atom is 0.143 e. The molecule has 1 aromatic heterocycles. The van der Waals surface area contributed by atoms with E-state index in [4.69, 9.17) is 10.5 Å². The number of aromatic nitrogens is 1. The Hall–Kier alpha value is -2.07. The molecule has 0 unspecified atom stereocenters. The van der Waals surface area contributed by atoms with Crippen molar-refractivity contribution < 1.29 is 4.74 Å². The molecule has 3 rings (SSSR count). The molecule has 0 aliphatic rings. The molecule has 21 heavy (non-hydrogen) atoms. The van der Waals surface area contributed by atoms with E-state index in [9.17, 15) is 0 Å². The summed E-state index contributed by atoms with van der Waals surface area (Å²) in [6.07, 6.45) is 0.971. The zero-order valence-electron chi connectivity index (χ0n) is 11.9. The van der Waals surface area contributed by atoms with Crippen molar-refractivity contribution in [1.82, 2.24) is 4.98 Å². The number of nitrogens with one attached hydrogen (secondary N) is 1. The molecule has 1 heterocycles. The first-order chi connectivity index (χ1) is 10.3. The van der Waals surface area contributed by atoms with Crippen molar-refractivity contribution in [1.29, 1.82) is 0 Å². The summed E-state index contributed by atoms with van der Waals surface area (Å²) in [7, 11) is 0. The van der Waals surface area contributed by atoms with Crippen LogP contribution in [-0.2, 0) is 0 Å². The van der Waals surface area contributed by atoms with E-state index in [0.29, 0.717) is 12.3 Å². The molecule has 0 aliphatic heterocycles. The molecule has 3 N–H and O–H groups in total. The van der Waals surface area contributed by atoms with Crippen molar-refractivity contribution in [2.75, 3.05) is 12.3 Å². The number of H-pyrrole nitrogens is 1. The quantitative estimate of drug-likeness (QED) is 0.672. The van der Waals surface area contributed by atoms with Crippen LogP contribution in [0.2, 0.25) is 0 Å². The molecule has 0 fully saturated rings. The van der Waals surface area contributed by atoms with Crippen LogP contribution in [0.15, 0.2) is 58.5 Å². The zero-order chi connectivity index (χ0) is 14.7. The fourth-order valence-corrected chi connectivity index (χ4v) is 3.11. The van der Waals surface area contributed by atoms with Crippen LogP contribution in [-0.4, -0.2) is 11.6 Å². The molecule has 3 nitrogen and oxygen atoms in total. The highest BCUT2D eigenvalue weighted by atomic mass is 32.2. The highest BCUT2D eigenvalue weighted by Crippen LogP contribution is 2.37. The van der Waals surface area contributed by atoms with Crippen molar-refractivity contribution in [3.63, 3.8) is 0 Å². The lowest BCUT2D eigenvalue weighted by Crippen LogP contribution is -1.99. The Bertz CT molecular complexity index is 718. The number of aromatic amines is 1. The van der Waals surface area contributed by atoms with Crippen LogP contribution in [0, 0.1) is 0 Å². The van der Waals surface area contributed by atoms with Crippen LogP contribution in [0.4, 0.5) is 5.69 Å². The summed E-state index contributed by atoms with van der Waals surface area (Å²) in [4.78, 5) is 4.41. The summed E-state index contributed by atoms with van der Waals surface area (Å²) in [5.41, 5.74) is 8.05. The summed E-state index contributed by atoms with van der Waals surface area (Å²) >= 11 is 1.63. The molecule has 108 valence electrons. The number of fused-ring (bicyclic) bond motifs is 1. The molecule has 0 spiro atoms. The Balaban J connectivity index is 1.87. The van der Waals surface area contributed by atoms with Gasteiger partial charge in [0.05, 0.1) is 17.3 Å². The number of rotatable bonds is 5. The van der Waals surface area contributed by atoms with E-state index in [1.54, 1.807) is 11.8 Å². The van der Waals surface area contributed by atoms with Gasteiger partial charge in [-0.05, 0) is 30.7 Å². The Morgan fingerprint density at radius 1 is 1.14 bits per heavy atom. The number of ether oxygens (including phenoxy) is 1. The van der Waals surface area contributed by atoms with E-state index in [1.807, 2.05) is 30.3 Å². The molecule has 4 heteroatoms. The highest BCUT2D eigenvalue weighted by Gasteiger charge is 2.09. The van der Waals surface area contributed by atoms with Gasteiger partial charge in [0.1, 0.15) is 5.75 Å². The fraction of sp³-hybridized carbons (Fsp3) is 0.176. The molecular weight excluding hydrogens is 280 g/mol. The number of nitrogen functional groups attached to an aromatic ring is 1. The van der Waals surface area contributed by atoms with Crippen LogP contribution in [0.5, 0.6) is 5.75 Å². The summed E-state index contributed by atoms with van der Waals surface area (Å²) < 4.78 is 5.67. The molecule has 0 atom stereocenters. The van der Waals surface area contributed by atoms with Crippen molar-refractivity contribution in [2.24, 2.45) is 0 Å². The number of para-hydroxylation sites is 2. The summed E-state index contributed by atoms with van der Waals surface area (Å²) in [6, 6.07) is 16.3. The first kappa shape index (κ1) is 13.9. The van der Waals surface area contributed by atoms with Crippen molar-refractivity contribution in [3.05, 3.63) is 48.5 Å². The molecule has 0 saturated heterocycles. The lowest BCUT2D eigenvalue weighted by molar-refractivity contribution is 0.318. The smallest absolute Gasteiger partial charge is 0.143 e. The predicted octanol–water partition coefficient (Wildman–Crippen LogP) is 4.69. The monoisotopic (exact) mass is 298 g/mol. The van der Waals surface area contributed by atoms with Gasteiger partial charge in [0.15, 0.2) is 0 Å². The topological polar surface area (TPSA) is 51.0 Å². The van der Waals surface area contributed by atoms with Crippen LogP contribution >= 0.6 is 11.8 Å². The zero-order valence-corrected chi connectivity index (χ0v) is 12.7. The Morgan fingerprint density at radius 3 is 2.81 bits per heavy atom. The normalized spacial score (nSPS) is 10.9. The Labute approximate surface area is 128 Å². The standard InChI is InChI=1S/C17H18N2OS/c1-2-10-20-14-8-5-9-15(17(14)18)21-16-11-12-6-3-4-7-13(12)19-16/h3-9,11,19H,2,10,18H2,1H3. The molecule has 0 radical (unpaired) electrons. The van der Waals surface area contributed by atoms with Gasteiger partial charge >= 0.3 is 0 Å². The lowest BCUT2D eigenvalue weighted by atomic mass is 10.3. The minimum absolute atomic E-state index is 0.685. The van der Waals surface area contributed by atoms with E-state index in [0.717, 1.165) is 27.6 Å². The predicted molar refractivity (Wildman–Crippen MR) is 89.1 cm³/mol. The van der Waals surface area contributed by atoms with Gasteiger partial charge in [-0.25, -0.2) is 0 Å². The van der Waals surface area contributed by atoms with Gasteiger partial charge in [0, 0.05) is 15.8 Å². The third-order valence-electron chi connectivity index (χ3n) is 3.21. The van der Waals surface area contributed by atoms with Crippen LogP contribution in [0.1, 0.15) is 13.3 Å². The van der Waals surface area contributed by atoms with Crippen LogP contribution < -0.4 is 10.5 Å². The summed E-state index contributed by atoms with van der Waals surface area (Å²) in [5.74, 6) is 0.762. The van der Waals surface area contributed by atoms with Gasteiger partial charge < -0.3 is 15.5 Å². The first-order valence-electron chi connectivity index (χ1n) is 7.05. The van der Waals surface area contributed by atoms with E-state index in [-0.39, 0.29) is 0 Å². The highest BCUT2D eigenvalue weighted by molar-refractivity contribution is 7.99. The SMILES string of the molecule is CCCOc1cccc(Sc2cc3ccccc3[nH]2)c1N. The van der Waals surface area contributed by atoms with Gasteiger partial charge in [0.2, 0.25) is 0 Å². The minimum atomic E-state index is 0.685. The third kappa shape index (κ3) is 3.00. The van der Waals surface area contributed by atoms with Gasteiger partial charge in [-0.2, -0.15) is 0 Å². The van der Waals surface area contributed by atoms with Crippen molar-refractivity contribution >= 4 is 28.4 Å². The number of hydrogen-bond donors (Lipinski definition) is 2. The van der Waals surface area contributed by atoms with E-state index >= 15 is 0 Å².